The van der Waals surface area contributed by atoms with Crippen molar-refractivity contribution >= 4 is 11.6 Å². The molecule has 0 saturated heterocycles. The van der Waals surface area contributed by atoms with Crippen LogP contribution in [0.2, 0.25) is 0 Å². The summed E-state index contributed by atoms with van der Waals surface area (Å²) in [5, 5.41) is 0. The predicted molar refractivity (Wildman–Crippen MR) is 66.4 cm³/mol. The van der Waals surface area contributed by atoms with Crippen LogP contribution >= 0.6 is 0 Å². The summed E-state index contributed by atoms with van der Waals surface area (Å²) < 4.78 is 13.3. The van der Waals surface area contributed by atoms with Crippen LogP contribution in [0.3, 0.4) is 0 Å². The molecule has 1 heterocycles. The van der Waals surface area contributed by atoms with E-state index in [1.807, 2.05) is 0 Å². The van der Waals surface area contributed by atoms with Crippen LogP contribution in [0, 0.1) is 12.7 Å². The van der Waals surface area contributed by atoms with E-state index in [4.69, 9.17) is 0 Å². The average molecular weight is 258 g/mol. The van der Waals surface area contributed by atoms with Gasteiger partial charge in [0.25, 0.3) is 0 Å². The Kier molecular flexibility index (Phi) is 3.75. The fourth-order valence-electron chi connectivity index (χ4n) is 1.54. The molecule has 1 aromatic carbocycles. The molecule has 0 aliphatic heterocycles. The Bertz CT molecular complexity index is 627. The molecule has 0 bridgehead atoms. The van der Waals surface area contributed by atoms with Gasteiger partial charge in [0, 0.05) is 18.0 Å². The zero-order valence-corrected chi connectivity index (χ0v) is 10.3. The highest BCUT2D eigenvalue weighted by Crippen LogP contribution is 2.12. The Morgan fingerprint density at radius 2 is 1.84 bits per heavy atom. The quantitative estimate of drug-likeness (QED) is 0.624. The van der Waals surface area contributed by atoms with Crippen molar-refractivity contribution in [3.05, 3.63) is 59.4 Å². The van der Waals surface area contributed by atoms with Gasteiger partial charge in [0.1, 0.15) is 5.82 Å². The molecule has 4 nitrogen and oxygen atoms in total. The first-order chi connectivity index (χ1) is 9.08. The van der Waals surface area contributed by atoms with Crippen molar-refractivity contribution in [1.82, 2.24) is 9.97 Å². The zero-order chi connectivity index (χ0) is 13.8. The Morgan fingerprint density at radius 1 is 1.16 bits per heavy atom. The monoisotopic (exact) mass is 258 g/mol. The van der Waals surface area contributed by atoms with E-state index in [-0.39, 0.29) is 17.8 Å². The second-order valence-electron chi connectivity index (χ2n) is 4.06. The Morgan fingerprint density at radius 3 is 2.47 bits per heavy atom. The molecule has 5 heteroatoms. The lowest BCUT2D eigenvalue weighted by Crippen LogP contribution is -2.11. The van der Waals surface area contributed by atoms with Gasteiger partial charge in [0.2, 0.25) is 5.78 Å². The third-order valence-corrected chi connectivity index (χ3v) is 2.63. The van der Waals surface area contributed by atoms with Crippen LogP contribution < -0.4 is 0 Å². The van der Waals surface area contributed by atoms with Gasteiger partial charge in [-0.2, -0.15) is 0 Å². The van der Waals surface area contributed by atoms with Crippen LogP contribution in [0.1, 0.15) is 33.0 Å². The van der Waals surface area contributed by atoms with Gasteiger partial charge in [-0.05, 0) is 24.6 Å². The average Bonchev–Trinajstić information content (AvgIpc) is 2.42. The van der Waals surface area contributed by atoms with Gasteiger partial charge in [0.05, 0.1) is 6.42 Å². The maximum Gasteiger partial charge on any atom is 0.207 e. The molecule has 0 atom stereocenters. The van der Waals surface area contributed by atoms with E-state index in [1.165, 1.54) is 24.5 Å². The number of hydrogen-bond acceptors (Lipinski definition) is 4. The van der Waals surface area contributed by atoms with E-state index in [2.05, 4.69) is 9.97 Å². The van der Waals surface area contributed by atoms with Crippen LogP contribution in [0.4, 0.5) is 4.39 Å². The first-order valence-corrected chi connectivity index (χ1v) is 5.67. The topological polar surface area (TPSA) is 59.9 Å². The lowest BCUT2D eigenvalue weighted by Gasteiger charge is -2.02. The summed E-state index contributed by atoms with van der Waals surface area (Å²) in [6.45, 7) is 1.60. The summed E-state index contributed by atoms with van der Waals surface area (Å²) in [5.41, 5.74) is 0.627. The molecule has 0 spiro atoms. The van der Waals surface area contributed by atoms with Gasteiger partial charge < -0.3 is 0 Å². The highest BCUT2D eigenvalue weighted by atomic mass is 19.1. The second-order valence-corrected chi connectivity index (χ2v) is 4.06. The van der Waals surface area contributed by atoms with Crippen LogP contribution in [0.15, 0.2) is 36.7 Å². The van der Waals surface area contributed by atoms with E-state index < -0.39 is 17.4 Å². The van der Waals surface area contributed by atoms with Crippen molar-refractivity contribution in [3.8, 4) is 0 Å². The molecule has 2 aromatic rings. The van der Waals surface area contributed by atoms with Crippen LogP contribution in [-0.2, 0) is 0 Å². The van der Waals surface area contributed by atoms with E-state index in [0.29, 0.717) is 5.56 Å². The lowest BCUT2D eigenvalue weighted by atomic mass is 10.0. The molecule has 0 unspecified atom stereocenters. The SMILES string of the molecule is Cc1ccc(C(=O)CC(=O)c2ncccn2)cc1F. The molecule has 0 saturated carbocycles. The van der Waals surface area contributed by atoms with Crippen LogP contribution in [0.25, 0.3) is 0 Å². The van der Waals surface area contributed by atoms with E-state index >= 15 is 0 Å². The lowest BCUT2D eigenvalue weighted by molar-refractivity contribution is 0.0888. The second kappa shape index (κ2) is 5.48. The minimum atomic E-state index is -0.480. The summed E-state index contributed by atoms with van der Waals surface area (Å²) in [7, 11) is 0. The van der Waals surface area contributed by atoms with E-state index in [1.54, 1.807) is 13.0 Å². The highest BCUT2D eigenvalue weighted by molar-refractivity contribution is 6.12. The van der Waals surface area contributed by atoms with Gasteiger partial charge in [-0.25, -0.2) is 14.4 Å². The van der Waals surface area contributed by atoms with E-state index in [9.17, 15) is 14.0 Å². The third-order valence-electron chi connectivity index (χ3n) is 2.63. The first kappa shape index (κ1) is 13.0. The first-order valence-electron chi connectivity index (χ1n) is 5.67. The minimum Gasteiger partial charge on any atom is -0.294 e. The summed E-state index contributed by atoms with van der Waals surface area (Å²) >= 11 is 0. The number of nitrogens with zero attached hydrogens (tertiary/aromatic N) is 2. The van der Waals surface area contributed by atoms with Crippen molar-refractivity contribution in [2.75, 3.05) is 0 Å². The largest absolute Gasteiger partial charge is 0.294 e. The number of aryl methyl sites for hydroxylation is 1. The van der Waals surface area contributed by atoms with Gasteiger partial charge in [-0.15, -0.1) is 0 Å². The van der Waals surface area contributed by atoms with Crippen molar-refractivity contribution in [2.45, 2.75) is 13.3 Å². The van der Waals surface area contributed by atoms with Crippen LogP contribution in [0.5, 0.6) is 0 Å². The standard InChI is InChI=1S/C14H11FN2O2/c1-9-3-4-10(7-11(9)15)12(18)8-13(19)14-16-5-2-6-17-14/h2-7H,8H2,1H3. The molecule has 19 heavy (non-hydrogen) atoms. The molecule has 0 fully saturated rings. The van der Waals surface area contributed by atoms with Gasteiger partial charge in [0.15, 0.2) is 11.6 Å². The normalized spacial score (nSPS) is 10.2. The fourth-order valence-corrected chi connectivity index (χ4v) is 1.54. The number of carbonyl (C=O) groups excluding carboxylic acids is 2. The maximum atomic E-state index is 13.3. The molecule has 0 radical (unpaired) electrons. The number of aromatic nitrogens is 2. The van der Waals surface area contributed by atoms with E-state index in [0.717, 1.165) is 6.07 Å². The van der Waals surface area contributed by atoms with Gasteiger partial charge in [-0.1, -0.05) is 12.1 Å². The molecule has 0 aliphatic carbocycles. The maximum absolute atomic E-state index is 13.3. The summed E-state index contributed by atoms with van der Waals surface area (Å²) in [6.07, 6.45) is 2.49. The number of ketones is 2. The minimum absolute atomic E-state index is 0.0107. The zero-order valence-electron chi connectivity index (χ0n) is 10.3. The van der Waals surface area contributed by atoms with Gasteiger partial charge >= 0.3 is 0 Å². The van der Waals surface area contributed by atoms with Crippen molar-refractivity contribution < 1.29 is 14.0 Å². The number of Topliss-reactive ketones (excluding diaryl/α,β-unsaturated/α-hetero) is 2. The third kappa shape index (κ3) is 3.07. The van der Waals surface area contributed by atoms with Gasteiger partial charge in [-0.3, -0.25) is 9.59 Å². The summed E-state index contributed by atoms with van der Waals surface area (Å²) in [6, 6.07) is 5.72. The molecule has 2 rings (SSSR count). The Balaban J connectivity index is 2.13. The smallest absolute Gasteiger partial charge is 0.207 e. The fraction of sp³-hybridized carbons (Fsp3) is 0.143. The highest BCUT2D eigenvalue weighted by Gasteiger charge is 2.16. The number of halogens is 1. The molecular formula is C14H11FN2O2. The Labute approximate surface area is 109 Å². The van der Waals surface area contributed by atoms with Crippen LogP contribution in [-0.4, -0.2) is 21.5 Å². The summed E-state index contributed by atoms with van der Waals surface area (Å²) in [4.78, 5) is 31.1. The number of benzene rings is 1. The predicted octanol–water partition coefficient (Wildman–Crippen LogP) is 2.38. The molecule has 0 amide bonds. The summed E-state index contributed by atoms with van der Waals surface area (Å²) in [5.74, 6) is -1.40. The van der Waals surface area contributed by atoms with Crippen molar-refractivity contribution in [1.29, 1.82) is 0 Å². The molecular weight excluding hydrogens is 247 g/mol. The number of rotatable bonds is 4. The molecule has 1 aromatic heterocycles. The Hall–Kier alpha value is -2.43. The molecule has 96 valence electrons. The van der Waals surface area contributed by atoms with Crippen molar-refractivity contribution in [2.24, 2.45) is 0 Å². The molecule has 0 aliphatic rings. The molecule has 0 N–H and O–H groups in total. The number of carbonyl (C=O) groups is 2. The van der Waals surface area contributed by atoms with Crippen molar-refractivity contribution in [3.63, 3.8) is 0 Å². The number of hydrogen-bond donors (Lipinski definition) is 0.